The lowest BCUT2D eigenvalue weighted by Gasteiger charge is -2.06. The number of hydrogen-bond acceptors (Lipinski definition) is 5. The Morgan fingerprint density at radius 3 is 1.61 bits per heavy atom. The minimum atomic E-state index is -1.07. The molecular formula is C17H14O6. The minimum Gasteiger partial charge on any atom is -0.478 e. The Balaban J connectivity index is 1.76. The highest BCUT2D eigenvalue weighted by Crippen LogP contribution is 2.06. The molecule has 0 fully saturated rings. The molecule has 0 unspecified atom stereocenters. The van der Waals surface area contributed by atoms with E-state index in [2.05, 4.69) is 0 Å². The maximum atomic E-state index is 11.7. The summed E-state index contributed by atoms with van der Waals surface area (Å²) in [7, 11) is 0. The second kappa shape index (κ2) is 7.74. The van der Waals surface area contributed by atoms with Crippen LogP contribution in [-0.4, -0.2) is 36.2 Å². The van der Waals surface area contributed by atoms with Gasteiger partial charge in [-0.1, -0.05) is 18.2 Å². The molecule has 0 bridgehead atoms. The second-order valence-corrected chi connectivity index (χ2v) is 4.52. The molecule has 0 saturated heterocycles. The van der Waals surface area contributed by atoms with E-state index < -0.39 is 17.9 Å². The van der Waals surface area contributed by atoms with Crippen LogP contribution >= 0.6 is 0 Å². The van der Waals surface area contributed by atoms with Gasteiger partial charge < -0.3 is 14.6 Å². The average Bonchev–Trinajstić information content (AvgIpc) is 2.59. The van der Waals surface area contributed by atoms with Crippen LogP contribution in [0.5, 0.6) is 0 Å². The number of benzene rings is 2. The van der Waals surface area contributed by atoms with Crippen LogP contribution in [0.3, 0.4) is 0 Å². The summed E-state index contributed by atoms with van der Waals surface area (Å²) in [6.07, 6.45) is 0. The standard InChI is InChI=1S/C17H14O6/c18-15(19)12-6-8-14(9-7-12)17(21)23-11-10-22-16(20)13-4-2-1-3-5-13/h1-9H,10-11H2,(H,18,19). The Hall–Kier alpha value is -3.15. The predicted octanol–water partition coefficient (Wildman–Crippen LogP) is 2.40. The third-order valence-electron chi connectivity index (χ3n) is 2.93. The fraction of sp³-hybridized carbons (Fsp3) is 0.118. The summed E-state index contributed by atoms with van der Waals surface area (Å²) >= 11 is 0. The van der Waals surface area contributed by atoms with Crippen LogP contribution in [0.25, 0.3) is 0 Å². The predicted molar refractivity (Wildman–Crippen MR) is 80.4 cm³/mol. The molecule has 0 spiro atoms. The van der Waals surface area contributed by atoms with Gasteiger partial charge in [-0.05, 0) is 36.4 Å². The van der Waals surface area contributed by atoms with Crippen molar-refractivity contribution in [3.63, 3.8) is 0 Å². The first-order valence-corrected chi connectivity index (χ1v) is 6.80. The maximum absolute atomic E-state index is 11.7. The van der Waals surface area contributed by atoms with Gasteiger partial charge in [-0.3, -0.25) is 0 Å². The normalized spacial score (nSPS) is 9.91. The number of rotatable bonds is 6. The Kier molecular flexibility index (Phi) is 5.46. The van der Waals surface area contributed by atoms with E-state index in [1.165, 1.54) is 24.3 Å². The molecule has 2 rings (SSSR count). The highest BCUT2D eigenvalue weighted by Gasteiger charge is 2.10. The van der Waals surface area contributed by atoms with Gasteiger partial charge in [-0.2, -0.15) is 0 Å². The summed E-state index contributed by atoms with van der Waals surface area (Å²) in [6, 6.07) is 13.8. The molecule has 23 heavy (non-hydrogen) atoms. The highest BCUT2D eigenvalue weighted by atomic mass is 16.6. The minimum absolute atomic E-state index is 0.0628. The maximum Gasteiger partial charge on any atom is 0.338 e. The van der Waals surface area contributed by atoms with E-state index >= 15 is 0 Å². The van der Waals surface area contributed by atoms with Crippen molar-refractivity contribution in [2.24, 2.45) is 0 Å². The first kappa shape index (κ1) is 16.2. The van der Waals surface area contributed by atoms with Crippen LogP contribution in [-0.2, 0) is 9.47 Å². The third kappa shape index (κ3) is 4.67. The smallest absolute Gasteiger partial charge is 0.338 e. The molecule has 1 N–H and O–H groups in total. The van der Waals surface area contributed by atoms with Crippen LogP contribution in [0.4, 0.5) is 0 Å². The average molecular weight is 314 g/mol. The lowest BCUT2D eigenvalue weighted by Crippen LogP contribution is -2.14. The Labute approximate surface area is 132 Å². The van der Waals surface area contributed by atoms with Gasteiger partial charge in [-0.25, -0.2) is 14.4 Å². The van der Waals surface area contributed by atoms with Crippen molar-refractivity contribution in [2.45, 2.75) is 0 Å². The molecule has 0 aliphatic heterocycles. The number of carboxylic acids is 1. The quantitative estimate of drug-likeness (QED) is 0.650. The molecule has 0 heterocycles. The number of esters is 2. The highest BCUT2D eigenvalue weighted by molar-refractivity contribution is 5.92. The van der Waals surface area contributed by atoms with Crippen LogP contribution in [0, 0.1) is 0 Å². The Morgan fingerprint density at radius 2 is 1.13 bits per heavy atom. The Morgan fingerprint density at radius 1 is 0.696 bits per heavy atom. The zero-order valence-corrected chi connectivity index (χ0v) is 12.1. The van der Waals surface area contributed by atoms with Crippen molar-refractivity contribution in [3.05, 3.63) is 71.3 Å². The van der Waals surface area contributed by atoms with Crippen molar-refractivity contribution in [2.75, 3.05) is 13.2 Å². The molecule has 0 saturated carbocycles. The molecule has 6 heteroatoms. The molecule has 2 aromatic rings. The largest absolute Gasteiger partial charge is 0.478 e. The summed E-state index contributed by atoms with van der Waals surface area (Å²) in [5.74, 6) is -2.18. The van der Waals surface area contributed by atoms with Gasteiger partial charge in [0.15, 0.2) is 0 Å². The first-order chi connectivity index (χ1) is 11.1. The summed E-state index contributed by atoms with van der Waals surface area (Å²) in [5, 5.41) is 8.77. The number of carbonyl (C=O) groups is 3. The van der Waals surface area contributed by atoms with E-state index in [0.717, 1.165) is 0 Å². The molecule has 2 aromatic carbocycles. The number of carbonyl (C=O) groups excluding carboxylic acids is 2. The second-order valence-electron chi connectivity index (χ2n) is 4.52. The van der Waals surface area contributed by atoms with Crippen molar-refractivity contribution in [3.8, 4) is 0 Å². The molecule has 0 aromatic heterocycles. The molecule has 6 nitrogen and oxygen atoms in total. The monoisotopic (exact) mass is 314 g/mol. The van der Waals surface area contributed by atoms with Crippen LogP contribution in [0.1, 0.15) is 31.1 Å². The number of aromatic carboxylic acids is 1. The number of hydrogen-bond donors (Lipinski definition) is 1. The molecule has 0 radical (unpaired) electrons. The zero-order valence-electron chi connectivity index (χ0n) is 12.1. The fourth-order valence-electron chi connectivity index (χ4n) is 1.76. The third-order valence-corrected chi connectivity index (χ3v) is 2.93. The van der Waals surface area contributed by atoms with Gasteiger partial charge in [0.05, 0.1) is 16.7 Å². The van der Waals surface area contributed by atoms with E-state index in [1.807, 2.05) is 0 Å². The van der Waals surface area contributed by atoms with Crippen LogP contribution in [0.2, 0.25) is 0 Å². The molecule has 0 aliphatic rings. The van der Waals surface area contributed by atoms with Gasteiger partial charge in [0, 0.05) is 0 Å². The van der Waals surface area contributed by atoms with Gasteiger partial charge in [0.1, 0.15) is 13.2 Å². The van der Waals surface area contributed by atoms with Crippen molar-refractivity contribution in [1.82, 2.24) is 0 Å². The van der Waals surface area contributed by atoms with E-state index in [4.69, 9.17) is 14.6 Å². The van der Waals surface area contributed by atoms with Crippen LogP contribution in [0.15, 0.2) is 54.6 Å². The van der Waals surface area contributed by atoms with E-state index in [9.17, 15) is 14.4 Å². The van der Waals surface area contributed by atoms with Gasteiger partial charge in [-0.15, -0.1) is 0 Å². The van der Waals surface area contributed by atoms with Crippen molar-refractivity contribution in [1.29, 1.82) is 0 Å². The molecule has 0 amide bonds. The lowest BCUT2D eigenvalue weighted by molar-refractivity contribution is 0.0265. The molecule has 0 atom stereocenters. The fourth-order valence-corrected chi connectivity index (χ4v) is 1.76. The van der Waals surface area contributed by atoms with Crippen molar-refractivity contribution >= 4 is 17.9 Å². The summed E-state index contributed by atoms with van der Waals surface area (Å²) in [4.78, 5) is 34.1. The zero-order chi connectivity index (χ0) is 16.7. The first-order valence-electron chi connectivity index (χ1n) is 6.80. The van der Waals surface area contributed by atoms with Gasteiger partial charge in [0.2, 0.25) is 0 Å². The lowest BCUT2D eigenvalue weighted by atomic mass is 10.1. The summed E-state index contributed by atoms with van der Waals surface area (Å²) < 4.78 is 9.92. The SMILES string of the molecule is O=C(O)c1ccc(C(=O)OCCOC(=O)c2ccccc2)cc1. The van der Waals surface area contributed by atoms with E-state index in [1.54, 1.807) is 30.3 Å². The van der Waals surface area contributed by atoms with E-state index in [-0.39, 0.29) is 24.3 Å². The van der Waals surface area contributed by atoms with Crippen LogP contribution < -0.4 is 0 Å². The molecular weight excluding hydrogens is 300 g/mol. The summed E-state index contributed by atoms with van der Waals surface area (Å²) in [6.45, 7) is -0.148. The molecule has 0 aliphatic carbocycles. The topological polar surface area (TPSA) is 89.9 Å². The summed E-state index contributed by atoms with van der Waals surface area (Å²) in [5.41, 5.74) is 0.728. The molecule has 118 valence electrons. The van der Waals surface area contributed by atoms with Gasteiger partial charge >= 0.3 is 17.9 Å². The number of ether oxygens (including phenoxy) is 2. The van der Waals surface area contributed by atoms with Gasteiger partial charge in [0.25, 0.3) is 0 Å². The van der Waals surface area contributed by atoms with Crippen molar-refractivity contribution < 1.29 is 29.0 Å². The Bertz CT molecular complexity index is 691. The number of carboxylic acid groups (broad SMARTS) is 1. The van der Waals surface area contributed by atoms with E-state index in [0.29, 0.717) is 5.56 Å².